The second kappa shape index (κ2) is 8.90. The predicted octanol–water partition coefficient (Wildman–Crippen LogP) is 4.13. The number of halogens is 2. The largest absolute Gasteiger partial charge is 0.326 e. The third-order valence-electron chi connectivity index (χ3n) is 4.09. The molecule has 28 heavy (non-hydrogen) atoms. The van der Waals surface area contributed by atoms with Crippen molar-refractivity contribution in [3.8, 4) is 0 Å². The van der Waals surface area contributed by atoms with Crippen LogP contribution in [-0.2, 0) is 22.7 Å². The zero-order valence-corrected chi connectivity index (χ0v) is 14.9. The van der Waals surface area contributed by atoms with Crippen LogP contribution in [0.1, 0.15) is 11.1 Å². The Kier molecular flexibility index (Phi) is 6.11. The van der Waals surface area contributed by atoms with Crippen LogP contribution in [0.25, 0.3) is 0 Å². The van der Waals surface area contributed by atoms with Crippen molar-refractivity contribution in [2.24, 2.45) is 0 Å². The molecule has 0 unspecified atom stereocenters. The predicted molar refractivity (Wildman–Crippen MR) is 102 cm³/mol. The van der Waals surface area contributed by atoms with Gasteiger partial charge >= 0.3 is 11.8 Å². The minimum atomic E-state index is -0.989. The van der Waals surface area contributed by atoms with Crippen LogP contribution >= 0.6 is 0 Å². The van der Waals surface area contributed by atoms with E-state index in [-0.39, 0.29) is 18.8 Å². The number of rotatable bonds is 5. The number of benzene rings is 3. The van der Waals surface area contributed by atoms with Crippen LogP contribution in [0.15, 0.2) is 78.9 Å². The molecule has 0 fully saturated rings. The van der Waals surface area contributed by atoms with E-state index in [0.717, 1.165) is 23.3 Å². The summed E-state index contributed by atoms with van der Waals surface area (Å²) in [5.41, 5.74) is 1.46. The van der Waals surface area contributed by atoms with Gasteiger partial charge in [0.25, 0.3) is 0 Å². The summed E-state index contributed by atoms with van der Waals surface area (Å²) >= 11 is 0. The molecule has 3 aromatic rings. The second-order valence-corrected chi connectivity index (χ2v) is 6.21. The summed E-state index contributed by atoms with van der Waals surface area (Å²) in [5.74, 6) is -3.51. The van der Waals surface area contributed by atoms with Gasteiger partial charge in [-0.25, -0.2) is 8.78 Å². The molecule has 0 heterocycles. The van der Waals surface area contributed by atoms with Crippen molar-refractivity contribution in [1.29, 1.82) is 0 Å². The minimum Gasteiger partial charge on any atom is -0.326 e. The zero-order valence-electron chi connectivity index (χ0n) is 14.9. The molecule has 0 bridgehead atoms. The highest BCUT2D eigenvalue weighted by Crippen LogP contribution is 2.16. The lowest BCUT2D eigenvalue weighted by atomic mass is 10.1. The summed E-state index contributed by atoms with van der Waals surface area (Å²) < 4.78 is 26.8. The fourth-order valence-corrected chi connectivity index (χ4v) is 2.72. The van der Waals surface area contributed by atoms with Gasteiger partial charge in [0.2, 0.25) is 0 Å². The molecule has 0 spiro atoms. The SMILES string of the molecule is O=C(Nc1ccc(F)cc1F)C(=O)N(Cc1ccccc1)Cc1ccccc1. The molecule has 0 radical (unpaired) electrons. The molecule has 0 saturated carbocycles. The highest BCUT2D eigenvalue weighted by molar-refractivity contribution is 6.39. The van der Waals surface area contributed by atoms with E-state index in [0.29, 0.717) is 6.07 Å². The summed E-state index contributed by atoms with van der Waals surface area (Å²) in [4.78, 5) is 26.5. The Hall–Kier alpha value is -3.54. The van der Waals surface area contributed by atoms with Crippen molar-refractivity contribution >= 4 is 17.5 Å². The molecule has 0 saturated heterocycles. The fourth-order valence-electron chi connectivity index (χ4n) is 2.72. The fraction of sp³-hybridized carbons (Fsp3) is 0.0909. The van der Waals surface area contributed by atoms with Crippen molar-refractivity contribution in [3.63, 3.8) is 0 Å². The van der Waals surface area contributed by atoms with Crippen LogP contribution in [0.4, 0.5) is 14.5 Å². The summed E-state index contributed by atoms with van der Waals surface area (Å²) in [5, 5.41) is 2.22. The van der Waals surface area contributed by atoms with E-state index in [1.54, 1.807) is 0 Å². The topological polar surface area (TPSA) is 49.4 Å². The maximum atomic E-state index is 13.8. The lowest BCUT2D eigenvalue weighted by Crippen LogP contribution is -2.39. The highest BCUT2D eigenvalue weighted by atomic mass is 19.1. The number of nitrogens with one attached hydrogen (secondary N) is 1. The Morgan fingerprint density at radius 1 is 0.786 bits per heavy atom. The number of amides is 2. The van der Waals surface area contributed by atoms with Crippen LogP contribution in [0.5, 0.6) is 0 Å². The molecular weight excluding hydrogens is 362 g/mol. The van der Waals surface area contributed by atoms with Gasteiger partial charge in [0, 0.05) is 19.2 Å². The Morgan fingerprint density at radius 2 is 1.32 bits per heavy atom. The van der Waals surface area contributed by atoms with Crippen molar-refractivity contribution in [2.45, 2.75) is 13.1 Å². The van der Waals surface area contributed by atoms with E-state index in [1.165, 1.54) is 4.90 Å². The average molecular weight is 380 g/mol. The summed E-state index contributed by atoms with van der Waals surface area (Å²) in [6, 6.07) is 21.2. The molecule has 0 aliphatic heterocycles. The first kappa shape index (κ1) is 19.2. The molecule has 0 atom stereocenters. The molecule has 3 aromatic carbocycles. The number of hydrogen-bond donors (Lipinski definition) is 1. The molecular formula is C22H18F2N2O2. The van der Waals surface area contributed by atoms with Crippen LogP contribution in [0, 0.1) is 11.6 Å². The quantitative estimate of drug-likeness (QED) is 0.677. The highest BCUT2D eigenvalue weighted by Gasteiger charge is 2.23. The maximum absolute atomic E-state index is 13.8. The minimum absolute atomic E-state index is 0.216. The van der Waals surface area contributed by atoms with Gasteiger partial charge in [-0.05, 0) is 23.3 Å². The van der Waals surface area contributed by atoms with Crippen molar-refractivity contribution in [2.75, 3.05) is 5.32 Å². The third-order valence-corrected chi connectivity index (χ3v) is 4.09. The number of hydrogen-bond acceptors (Lipinski definition) is 2. The van der Waals surface area contributed by atoms with Crippen LogP contribution in [0.2, 0.25) is 0 Å². The molecule has 6 heteroatoms. The van der Waals surface area contributed by atoms with Crippen molar-refractivity contribution < 1.29 is 18.4 Å². The van der Waals surface area contributed by atoms with Gasteiger partial charge in [-0.15, -0.1) is 0 Å². The van der Waals surface area contributed by atoms with Gasteiger partial charge in [0.05, 0.1) is 5.69 Å². The first-order valence-corrected chi connectivity index (χ1v) is 8.66. The lowest BCUT2D eigenvalue weighted by molar-refractivity contribution is -0.144. The summed E-state index contributed by atoms with van der Waals surface area (Å²) in [6.07, 6.45) is 0. The Balaban J connectivity index is 1.79. The lowest BCUT2D eigenvalue weighted by Gasteiger charge is -2.22. The number of nitrogens with zero attached hydrogens (tertiary/aromatic N) is 1. The maximum Gasteiger partial charge on any atom is 0.314 e. The molecule has 4 nitrogen and oxygen atoms in total. The molecule has 2 amide bonds. The monoisotopic (exact) mass is 380 g/mol. The smallest absolute Gasteiger partial charge is 0.314 e. The molecule has 0 aromatic heterocycles. The Morgan fingerprint density at radius 3 is 1.82 bits per heavy atom. The van der Waals surface area contributed by atoms with E-state index in [1.807, 2.05) is 60.7 Å². The molecule has 0 aliphatic rings. The van der Waals surface area contributed by atoms with Gasteiger partial charge in [-0.3, -0.25) is 9.59 Å². The number of carbonyl (C=O) groups excluding carboxylic acids is 2. The van der Waals surface area contributed by atoms with Gasteiger partial charge in [-0.2, -0.15) is 0 Å². The van der Waals surface area contributed by atoms with E-state index < -0.39 is 23.4 Å². The third kappa shape index (κ3) is 5.01. The van der Waals surface area contributed by atoms with Gasteiger partial charge < -0.3 is 10.2 Å². The van der Waals surface area contributed by atoms with Crippen LogP contribution in [-0.4, -0.2) is 16.7 Å². The first-order valence-electron chi connectivity index (χ1n) is 8.66. The van der Waals surface area contributed by atoms with E-state index in [4.69, 9.17) is 0 Å². The summed E-state index contributed by atoms with van der Waals surface area (Å²) in [6.45, 7) is 0.432. The van der Waals surface area contributed by atoms with E-state index >= 15 is 0 Å². The van der Waals surface area contributed by atoms with Crippen LogP contribution in [0.3, 0.4) is 0 Å². The normalized spacial score (nSPS) is 10.4. The molecule has 142 valence electrons. The first-order chi connectivity index (χ1) is 13.5. The Labute approximate surface area is 161 Å². The molecule has 0 aliphatic carbocycles. The van der Waals surface area contributed by atoms with E-state index in [2.05, 4.69) is 5.32 Å². The molecule has 1 N–H and O–H groups in total. The molecule has 3 rings (SSSR count). The summed E-state index contributed by atoms with van der Waals surface area (Å²) in [7, 11) is 0. The van der Waals surface area contributed by atoms with Crippen molar-refractivity contribution in [3.05, 3.63) is 102 Å². The Bertz CT molecular complexity index is 921. The van der Waals surface area contributed by atoms with Gasteiger partial charge in [0.15, 0.2) is 0 Å². The zero-order chi connectivity index (χ0) is 19.9. The van der Waals surface area contributed by atoms with Crippen molar-refractivity contribution in [1.82, 2.24) is 4.90 Å². The standard InChI is InChI=1S/C22H18F2N2O2/c23-18-11-12-20(19(24)13-18)25-21(27)22(28)26(14-16-7-3-1-4-8-16)15-17-9-5-2-6-10-17/h1-13H,14-15H2,(H,25,27). The average Bonchev–Trinajstić information content (AvgIpc) is 2.70. The van der Waals surface area contributed by atoms with Gasteiger partial charge in [-0.1, -0.05) is 60.7 Å². The van der Waals surface area contributed by atoms with E-state index in [9.17, 15) is 18.4 Å². The number of anilines is 1. The van der Waals surface area contributed by atoms with Gasteiger partial charge in [0.1, 0.15) is 11.6 Å². The van der Waals surface area contributed by atoms with Crippen LogP contribution < -0.4 is 5.32 Å². The number of carbonyl (C=O) groups is 2. The second-order valence-electron chi connectivity index (χ2n) is 6.21.